The Morgan fingerprint density at radius 2 is 1.93 bits per heavy atom. The van der Waals surface area contributed by atoms with Gasteiger partial charge >= 0.3 is 0 Å². The molecule has 0 N–H and O–H groups in total. The van der Waals surface area contributed by atoms with Crippen molar-refractivity contribution in [2.45, 2.75) is 6.92 Å². The quantitative estimate of drug-likeness (QED) is 0.682. The van der Waals surface area contributed by atoms with Crippen molar-refractivity contribution in [3.63, 3.8) is 0 Å². The van der Waals surface area contributed by atoms with Gasteiger partial charge < -0.3 is 4.57 Å². The first-order valence-electron chi connectivity index (χ1n) is 4.81. The highest BCUT2D eigenvalue weighted by Crippen LogP contribution is 2.51. The molecule has 1 aromatic rings. The molecule has 0 saturated heterocycles. The SMILES string of the molecule is CC1=C(Cl)C=C[P@@](=O)(c2ccccc2)C1. The molecule has 1 aliphatic rings. The summed E-state index contributed by atoms with van der Waals surface area (Å²) in [5, 5.41) is 1.63. The second-order valence-electron chi connectivity index (χ2n) is 3.73. The molecule has 1 aliphatic heterocycles. The van der Waals surface area contributed by atoms with E-state index < -0.39 is 7.14 Å². The molecule has 1 heterocycles. The standard InChI is InChI=1S/C12H12ClOP/c1-10-9-15(14,8-7-12(10)13)11-5-3-2-4-6-11/h2-8H,9H2,1H3/t15-/m0/s1. The Kier molecular flexibility index (Phi) is 2.86. The number of halogens is 1. The van der Waals surface area contributed by atoms with Crippen LogP contribution in [0.15, 0.2) is 52.8 Å². The lowest BCUT2D eigenvalue weighted by Gasteiger charge is -2.19. The van der Waals surface area contributed by atoms with Crippen LogP contribution in [0.3, 0.4) is 0 Å². The normalized spacial score (nSPS) is 25.7. The Balaban J connectivity index is 2.41. The van der Waals surface area contributed by atoms with Gasteiger partial charge in [0.2, 0.25) is 0 Å². The topological polar surface area (TPSA) is 17.1 Å². The Morgan fingerprint density at radius 1 is 1.27 bits per heavy atom. The molecule has 0 bridgehead atoms. The van der Waals surface area contributed by atoms with E-state index in [0.29, 0.717) is 6.16 Å². The summed E-state index contributed by atoms with van der Waals surface area (Å²) in [6.45, 7) is 1.93. The maximum absolute atomic E-state index is 12.6. The molecule has 1 aromatic carbocycles. The molecule has 1 nitrogen and oxygen atoms in total. The first-order valence-corrected chi connectivity index (χ1v) is 7.15. The molecule has 0 unspecified atom stereocenters. The van der Waals surface area contributed by atoms with Crippen molar-refractivity contribution in [3.05, 3.63) is 52.8 Å². The minimum absolute atomic E-state index is 0.562. The van der Waals surface area contributed by atoms with Crippen molar-refractivity contribution in [3.8, 4) is 0 Å². The zero-order chi connectivity index (χ0) is 10.9. The number of hydrogen-bond donors (Lipinski definition) is 0. The molecule has 0 aromatic heterocycles. The van der Waals surface area contributed by atoms with Gasteiger partial charge in [0.1, 0.15) is 7.14 Å². The van der Waals surface area contributed by atoms with Crippen LogP contribution in [0.4, 0.5) is 0 Å². The second-order valence-corrected chi connectivity index (χ2v) is 6.86. The van der Waals surface area contributed by atoms with Crippen molar-refractivity contribution < 1.29 is 4.57 Å². The lowest BCUT2D eigenvalue weighted by Crippen LogP contribution is -2.08. The van der Waals surface area contributed by atoms with Gasteiger partial charge in [-0.05, 0) is 24.4 Å². The van der Waals surface area contributed by atoms with E-state index in [1.54, 1.807) is 11.9 Å². The van der Waals surface area contributed by atoms with Crippen molar-refractivity contribution in [1.82, 2.24) is 0 Å². The van der Waals surface area contributed by atoms with Crippen LogP contribution in [0.2, 0.25) is 0 Å². The number of allylic oxidation sites excluding steroid dienone is 3. The molecule has 0 fully saturated rings. The zero-order valence-corrected chi connectivity index (χ0v) is 10.1. The van der Waals surface area contributed by atoms with Gasteiger partial charge in [-0.15, -0.1) is 0 Å². The Morgan fingerprint density at radius 3 is 2.53 bits per heavy atom. The van der Waals surface area contributed by atoms with Crippen molar-refractivity contribution in [2.24, 2.45) is 0 Å². The molecule has 0 saturated carbocycles. The van der Waals surface area contributed by atoms with E-state index in [9.17, 15) is 4.57 Å². The number of hydrogen-bond acceptors (Lipinski definition) is 1. The molecule has 0 spiro atoms. The third-order valence-electron chi connectivity index (χ3n) is 2.53. The van der Waals surface area contributed by atoms with Crippen molar-refractivity contribution >= 4 is 24.0 Å². The fraction of sp³-hybridized carbons (Fsp3) is 0.167. The van der Waals surface area contributed by atoms with E-state index in [0.717, 1.165) is 15.9 Å². The Labute approximate surface area is 94.8 Å². The van der Waals surface area contributed by atoms with Crippen LogP contribution >= 0.6 is 18.7 Å². The largest absolute Gasteiger partial charge is 0.314 e. The van der Waals surface area contributed by atoms with Crippen molar-refractivity contribution in [2.75, 3.05) is 6.16 Å². The third-order valence-corrected chi connectivity index (χ3v) is 5.73. The molecule has 0 radical (unpaired) electrons. The summed E-state index contributed by atoms with van der Waals surface area (Å²) in [6, 6.07) is 9.59. The highest BCUT2D eigenvalue weighted by molar-refractivity contribution is 7.74. The molecular formula is C12H12ClOP. The van der Waals surface area contributed by atoms with Gasteiger partial charge in [-0.2, -0.15) is 0 Å². The monoisotopic (exact) mass is 238 g/mol. The number of rotatable bonds is 1. The number of benzene rings is 1. The smallest absolute Gasteiger partial charge is 0.140 e. The maximum Gasteiger partial charge on any atom is 0.140 e. The lowest BCUT2D eigenvalue weighted by molar-refractivity contribution is 0.587. The summed E-state index contributed by atoms with van der Waals surface area (Å²) in [5.41, 5.74) is 1.01. The second kappa shape index (κ2) is 4.00. The van der Waals surface area contributed by atoms with Gasteiger partial charge in [0.05, 0.1) is 0 Å². The molecule has 15 heavy (non-hydrogen) atoms. The van der Waals surface area contributed by atoms with Gasteiger partial charge in [-0.25, -0.2) is 0 Å². The average Bonchev–Trinajstić information content (AvgIpc) is 2.26. The van der Waals surface area contributed by atoms with Crippen LogP contribution in [-0.4, -0.2) is 6.16 Å². The summed E-state index contributed by atoms with van der Waals surface area (Å²) in [7, 11) is -2.38. The fourth-order valence-electron chi connectivity index (χ4n) is 1.67. The van der Waals surface area contributed by atoms with Gasteiger partial charge in [0.25, 0.3) is 0 Å². The minimum atomic E-state index is -2.38. The zero-order valence-electron chi connectivity index (χ0n) is 8.48. The summed E-state index contributed by atoms with van der Waals surface area (Å²) in [6.07, 6.45) is 2.32. The van der Waals surface area contributed by atoms with Gasteiger partial charge in [-0.1, -0.05) is 41.9 Å². The summed E-state index contributed by atoms with van der Waals surface area (Å²) in [4.78, 5) is 0. The Hall–Kier alpha value is -0.780. The van der Waals surface area contributed by atoms with Crippen LogP contribution in [0.25, 0.3) is 0 Å². The van der Waals surface area contributed by atoms with E-state index in [-0.39, 0.29) is 0 Å². The van der Waals surface area contributed by atoms with Gasteiger partial charge in [0.15, 0.2) is 0 Å². The lowest BCUT2D eigenvalue weighted by atomic mass is 10.3. The first kappa shape index (κ1) is 10.7. The van der Waals surface area contributed by atoms with Gasteiger partial charge in [0, 0.05) is 16.5 Å². The van der Waals surface area contributed by atoms with Crippen LogP contribution in [0, 0.1) is 0 Å². The molecular weight excluding hydrogens is 227 g/mol. The minimum Gasteiger partial charge on any atom is -0.314 e. The summed E-state index contributed by atoms with van der Waals surface area (Å²) in [5.74, 6) is 1.76. The predicted molar refractivity (Wildman–Crippen MR) is 66.2 cm³/mol. The maximum atomic E-state index is 12.6. The van der Waals surface area contributed by atoms with E-state index in [4.69, 9.17) is 11.6 Å². The highest BCUT2D eigenvalue weighted by atomic mass is 35.5. The average molecular weight is 239 g/mol. The third kappa shape index (κ3) is 2.09. The van der Waals surface area contributed by atoms with E-state index >= 15 is 0 Å². The van der Waals surface area contributed by atoms with Gasteiger partial charge in [-0.3, -0.25) is 0 Å². The fourth-order valence-corrected chi connectivity index (χ4v) is 4.38. The molecule has 1 atom stereocenters. The van der Waals surface area contributed by atoms with E-state index in [1.807, 2.05) is 37.3 Å². The highest BCUT2D eigenvalue weighted by Gasteiger charge is 2.25. The summed E-state index contributed by atoms with van der Waals surface area (Å²) < 4.78 is 12.6. The molecule has 78 valence electrons. The van der Waals surface area contributed by atoms with E-state index in [2.05, 4.69) is 0 Å². The molecule has 0 aliphatic carbocycles. The van der Waals surface area contributed by atoms with Crippen LogP contribution in [0.5, 0.6) is 0 Å². The first-order chi connectivity index (χ1) is 7.12. The van der Waals surface area contributed by atoms with Crippen LogP contribution < -0.4 is 5.30 Å². The van der Waals surface area contributed by atoms with Crippen molar-refractivity contribution in [1.29, 1.82) is 0 Å². The van der Waals surface area contributed by atoms with Crippen LogP contribution in [-0.2, 0) is 4.57 Å². The van der Waals surface area contributed by atoms with E-state index in [1.165, 1.54) is 0 Å². The molecule has 3 heteroatoms. The predicted octanol–water partition coefficient (Wildman–Crippen LogP) is 3.72. The summed E-state index contributed by atoms with van der Waals surface area (Å²) >= 11 is 5.95. The molecule has 2 rings (SSSR count). The Bertz CT molecular complexity index is 474. The molecule has 0 amide bonds. The van der Waals surface area contributed by atoms with Crippen LogP contribution in [0.1, 0.15) is 6.92 Å².